The minimum atomic E-state index is -1.71. The summed E-state index contributed by atoms with van der Waals surface area (Å²) in [6.45, 7) is 11.1. The zero-order valence-corrected chi connectivity index (χ0v) is 12.5. The minimum absolute atomic E-state index is 0.230. The Morgan fingerprint density at radius 1 is 1.43 bits per heavy atom. The van der Waals surface area contributed by atoms with Crippen LogP contribution in [0.3, 0.4) is 0 Å². The molecule has 5 heteroatoms. The first kappa shape index (κ1) is 12.0. The molecule has 1 N–H and O–H groups in total. The van der Waals surface area contributed by atoms with Crippen LogP contribution in [0.2, 0.25) is 18.1 Å². The van der Waals surface area contributed by atoms with E-state index in [2.05, 4.69) is 66.7 Å². The average Bonchev–Trinajstić information content (AvgIpc) is 2.33. The summed E-state index contributed by atoms with van der Waals surface area (Å²) in [5, 5.41) is 7.08. The first-order valence-electron chi connectivity index (χ1n) is 4.62. The average molecular weight is 324 g/mol. The maximum atomic E-state index is 6.07. The van der Waals surface area contributed by atoms with Crippen LogP contribution in [0.1, 0.15) is 20.8 Å². The Hall–Kier alpha value is -0.0431. The van der Waals surface area contributed by atoms with Crippen molar-refractivity contribution in [2.24, 2.45) is 0 Å². The lowest BCUT2D eigenvalue weighted by Gasteiger charge is -2.35. The Balaban J connectivity index is 2.84. The highest BCUT2D eigenvalue weighted by molar-refractivity contribution is 14.1. The van der Waals surface area contributed by atoms with E-state index in [1.54, 1.807) is 0 Å². The monoisotopic (exact) mass is 324 g/mol. The van der Waals surface area contributed by atoms with E-state index in [1.807, 2.05) is 6.20 Å². The first-order chi connectivity index (χ1) is 6.24. The predicted octanol–water partition coefficient (Wildman–Crippen LogP) is 3.40. The fraction of sp³-hybridized carbons (Fsp3) is 0.667. The molecule has 0 atom stereocenters. The molecule has 1 aromatic heterocycles. The smallest absolute Gasteiger partial charge is 0.250 e. The van der Waals surface area contributed by atoms with Gasteiger partial charge >= 0.3 is 0 Å². The maximum absolute atomic E-state index is 6.07. The van der Waals surface area contributed by atoms with Crippen molar-refractivity contribution in [3.8, 4) is 5.75 Å². The van der Waals surface area contributed by atoms with Gasteiger partial charge in [-0.15, -0.1) is 0 Å². The number of nitrogens with one attached hydrogen (secondary N) is 1. The Morgan fingerprint density at radius 3 is 2.36 bits per heavy atom. The summed E-state index contributed by atoms with van der Waals surface area (Å²) >= 11 is 2.18. The second-order valence-corrected chi connectivity index (χ2v) is 10.6. The highest BCUT2D eigenvalue weighted by atomic mass is 127. The van der Waals surface area contributed by atoms with Gasteiger partial charge in [-0.05, 0) is 40.7 Å². The Kier molecular flexibility index (Phi) is 3.30. The van der Waals surface area contributed by atoms with Gasteiger partial charge in [0.25, 0.3) is 8.32 Å². The maximum Gasteiger partial charge on any atom is 0.250 e. The minimum Gasteiger partial charge on any atom is -0.541 e. The molecule has 14 heavy (non-hydrogen) atoms. The van der Waals surface area contributed by atoms with Gasteiger partial charge in [0, 0.05) is 0 Å². The van der Waals surface area contributed by atoms with E-state index in [9.17, 15) is 0 Å². The summed E-state index contributed by atoms with van der Waals surface area (Å²) in [6.07, 6.45) is 1.82. The number of halogens is 1. The van der Waals surface area contributed by atoms with E-state index in [4.69, 9.17) is 4.43 Å². The van der Waals surface area contributed by atoms with Crippen molar-refractivity contribution in [2.75, 3.05) is 0 Å². The topological polar surface area (TPSA) is 37.9 Å². The van der Waals surface area contributed by atoms with Crippen LogP contribution in [-0.4, -0.2) is 18.5 Å². The largest absolute Gasteiger partial charge is 0.541 e. The molecule has 0 saturated carbocycles. The molecule has 0 saturated heterocycles. The molecule has 3 nitrogen and oxygen atoms in total. The zero-order chi connectivity index (χ0) is 11.0. The summed E-state index contributed by atoms with van der Waals surface area (Å²) in [7, 11) is -1.71. The third kappa shape index (κ3) is 2.50. The highest BCUT2D eigenvalue weighted by Gasteiger charge is 2.39. The van der Waals surface area contributed by atoms with E-state index >= 15 is 0 Å². The van der Waals surface area contributed by atoms with E-state index in [0.717, 1.165) is 9.45 Å². The number of hydrogen-bond acceptors (Lipinski definition) is 2. The molecule has 0 aliphatic carbocycles. The van der Waals surface area contributed by atoms with Crippen LogP contribution in [0.15, 0.2) is 6.20 Å². The van der Waals surface area contributed by atoms with Crippen LogP contribution >= 0.6 is 22.6 Å². The van der Waals surface area contributed by atoms with Crippen LogP contribution in [-0.2, 0) is 0 Å². The predicted molar refractivity (Wildman–Crippen MR) is 69.1 cm³/mol. The number of rotatable bonds is 2. The van der Waals surface area contributed by atoms with E-state index in [-0.39, 0.29) is 5.04 Å². The number of nitrogens with zero attached hydrogens (tertiary/aromatic N) is 1. The van der Waals surface area contributed by atoms with E-state index in [1.165, 1.54) is 0 Å². The molecule has 0 fully saturated rings. The van der Waals surface area contributed by atoms with Gasteiger partial charge in [-0.1, -0.05) is 20.8 Å². The molecule has 0 amide bonds. The highest BCUT2D eigenvalue weighted by Crippen LogP contribution is 2.37. The molecule has 0 bridgehead atoms. The van der Waals surface area contributed by atoms with E-state index in [0.29, 0.717) is 0 Å². The van der Waals surface area contributed by atoms with Crippen molar-refractivity contribution in [1.82, 2.24) is 10.2 Å². The van der Waals surface area contributed by atoms with Crippen molar-refractivity contribution in [1.29, 1.82) is 0 Å². The molecule has 1 heterocycles. The van der Waals surface area contributed by atoms with Crippen LogP contribution in [0.5, 0.6) is 5.75 Å². The Labute approximate surface area is 99.9 Å². The quantitative estimate of drug-likeness (QED) is 0.669. The van der Waals surface area contributed by atoms with Gasteiger partial charge in [0.15, 0.2) is 9.45 Å². The summed E-state index contributed by atoms with van der Waals surface area (Å²) in [5.41, 5.74) is 0. The Morgan fingerprint density at radius 2 is 2.00 bits per heavy atom. The second-order valence-electron chi connectivity index (χ2n) is 4.90. The first-order valence-corrected chi connectivity index (χ1v) is 8.61. The number of aromatic amines is 1. The lowest BCUT2D eigenvalue weighted by atomic mass is 10.2. The van der Waals surface area contributed by atoms with Crippen molar-refractivity contribution in [3.05, 3.63) is 9.90 Å². The molecule has 0 spiro atoms. The summed E-state index contributed by atoms with van der Waals surface area (Å²) in [6, 6.07) is 0. The molecular formula is C9H17IN2OSi. The number of aromatic nitrogens is 2. The van der Waals surface area contributed by atoms with Crippen molar-refractivity contribution in [2.45, 2.75) is 38.9 Å². The van der Waals surface area contributed by atoms with Gasteiger partial charge in [-0.3, -0.25) is 5.10 Å². The fourth-order valence-electron chi connectivity index (χ4n) is 0.762. The SMILES string of the molecule is CC(C)(C)[Si](C)(C)Oc1c[nH]nc1I. The van der Waals surface area contributed by atoms with Gasteiger partial charge in [-0.25, -0.2) is 0 Å². The fourth-order valence-corrected chi connectivity index (χ4v) is 2.39. The van der Waals surface area contributed by atoms with Gasteiger partial charge in [0.1, 0.15) is 0 Å². The van der Waals surface area contributed by atoms with Crippen molar-refractivity contribution >= 4 is 30.9 Å². The van der Waals surface area contributed by atoms with Crippen molar-refractivity contribution in [3.63, 3.8) is 0 Å². The molecule has 0 aliphatic rings. The molecule has 0 unspecified atom stereocenters. The molecule has 80 valence electrons. The second kappa shape index (κ2) is 3.84. The van der Waals surface area contributed by atoms with E-state index < -0.39 is 8.32 Å². The molecule has 0 radical (unpaired) electrons. The van der Waals surface area contributed by atoms with Crippen LogP contribution < -0.4 is 4.43 Å². The lowest BCUT2D eigenvalue weighted by molar-refractivity contribution is 0.490. The van der Waals surface area contributed by atoms with Crippen molar-refractivity contribution < 1.29 is 4.43 Å². The summed E-state index contributed by atoms with van der Waals surface area (Å²) in [4.78, 5) is 0. The Bertz CT molecular complexity index is 317. The zero-order valence-electron chi connectivity index (χ0n) is 9.31. The standard InChI is InChI=1S/C9H17IN2OSi/c1-9(2,3)14(4,5)13-7-6-11-12-8(7)10/h6H,1-5H3,(H,11,12). The number of H-pyrrole nitrogens is 1. The normalized spacial score (nSPS) is 13.0. The molecule has 1 aromatic rings. The van der Waals surface area contributed by atoms with Gasteiger partial charge in [-0.2, -0.15) is 5.10 Å². The number of hydrogen-bond donors (Lipinski definition) is 1. The summed E-state index contributed by atoms with van der Waals surface area (Å²) < 4.78 is 6.98. The van der Waals surface area contributed by atoms with Crippen LogP contribution in [0.4, 0.5) is 0 Å². The third-order valence-electron chi connectivity index (χ3n) is 2.73. The van der Waals surface area contributed by atoms with Crippen LogP contribution in [0, 0.1) is 3.70 Å². The molecular weight excluding hydrogens is 307 g/mol. The van der Waals surface area contributed by atoms with Gasteiger partial charge in [0.2, 0.25) is 0 Å². The third-order valence-corrected chi connectivity index (χ3v) is 7.85. The molecule has 0 aromatic carbocycles. The summed E-state index contributed by atoms with van der Waals surface area (Å²) in [5.74, 6) is 0.886. The molecule has 1 rings (SSSR count). The molecule has 0 aliphatic heterocycles. The van der Waals surface area contributed by atoms with Gasteiger partial charge in [0.05, 0.1) is 6.20 Å². The lowest BCUT2D eigenvalue weighted by Crippen LogP contribution is -2.43. The van der Waals surface area contributed by atoms with Gasteiger partial charge < -0.3 is 4.43 Å². The van der Waals surface area contributed by atoms with Crippen LogP contribution in [0.25, 0.3) is 0 Å².